The van der Waals surface area contributed by atoms with Crippen LogP contribution in [-0.4, -0.2) is 43.4 Å². The van der Waals surface area contributed by atoms with E-state index in [4.69, 9.17) is 10.5 Å². The van der Waals surface area contributed by atoms with E-state index < -0.39 is 0 Å². The van der Waals surface area contributed by atoms with Crippen LogP contribution in [0.2, 0.25) is 0 Å². The van der Waals surface area contributed by atoms with Gasteiger partial charge in [-0.05, 0) is 12.8 Å². The Labute approximate surface area is 91.0 Å². The summed E-state index contributed by atoms with van der Waals surface area (Å²) in [4.78, 5) is 11.3. The number of nitrogens with two attached hydrogens (primary N) is 1. The summed E-state index contributed by atoms with van der Waals surface area (Å²) < 4.78 is 4.98. The molecule has 1 amide bonds. The molecule has 0 aromatic rings. The molecule has 2 atom stereocenters. The number of methoxy groups -OCH3 is 1. The van der Waals surface area contributed by atoms with Gasteiger partial charge >= 0.3 is 0 Å². The van der Waals surface area contributed by atoms with Gasteiger partial charge in [-0.3, -0.25) is 4.79 Å². The standard InChI is InChI=1S/C10H22N2O3/c1-3-8(13)4-5-12-10(14)6-9(7-11)15-2/h8-9,13H,3-7,11H2,1-2H3,(H,12,14). The van der Waals surface area contributed by atoms with Crippen LogP contribution in [-0.2, 0) is 9.53 Å². The van der Waals surface area contributed by atoms with Gasteiger partial charge in [0.25, 0.3) is 0 Å². The van der Waals surface area contributed by atoms with Crippen LogP contribution in [0.5, 0.6) is 0 Å². The van der Waals surface area contributed by atoms with Crippen molar-refractivity contribution in [2.75, 3.05) is 20.2 Å². The van der Waals surface area contributed by atoms with E-state index in [0.29, 0.717) is 25.9 Å². The van der Waals surface area contributed by atoms with Crippen LogP contribution in [0.1, 0.15) is 26.2 Å². The van der Waals surface area contributed by atoms with E-state index in [9.17, 15) is 9.90 Å². The minimum absolute atomic E-state index is 0.0874. The van der Waals surface area contributed by atoms with Gasteiger partial charge in [0, 0.05) is 20.2 Å². The molecule has 0 rings (SSSR count). The zero-order chi connectivity index (χ0) is 11.7. The van der Waals surface area contributed by atoms with Gasteiger partial charge in [-0.1, -0.05) is 6.92 Å². The molecule has 2 unspecified atom stereocenters. The van der Waals surface area contributed by atoms with Crippen LogP contribution in [0.15, 0.2) is 0 Å². The van der Waals surface area contributed by atoms with Gasteiger partial charge in [0.2, 0.25) is 5.91 Å². The van der Waals surface area contributed by atoms with Crippen LogP contribution >= 0.6 is 0 Å². The predicted molar refractivity (Wildman–Crippen MR) is 58.4 cm³/mol. The first-order valence-electron chi connectivity index (χ1n) is 5.31. The van der Waals surface area contributed by atoms with Gasteiger partial charge in [-0.15, -0.1) is 0 Å². The fourth-order valence-electron chi connectivity index (χ4n) is 1.12. The lowest BCUT2D eigenvalue weighted by atomic mass is 10.2. The molecule has 15 heavy (non-hydrogen) atoms. The molecule has 0 aliphatic rings. The normalized spacial score (nSPS) is 14.7. The topological polar surface area (TPSA) is 84.6 Å². The number of carbonyl (C=O) groups excluding carboxylic acids is 1. The molecule has 0 bridgehead atoms. The third-order valence-electron chi connectivity index (χ3n) is 2.28. The van der Waals surface area contributed by atoms with Gasteiger partial charge in [-0.25, -0.2) is 0 Å². The molecule has 0 aromatic carbocycles. The van der Waals surface area contributed by atoms with Crippen molar-refractivity contribution in [3.8, 4) is 0 Å². The number of amides is 1. The molecular formula is C10H22N2O3. The highest BCUT2D eigenvalue weighted by Gasteiger charge is 2.11. The average molecular weight is 218 g/mol. The smallest absolute Gasteiger partial charge is 0.222 e. The van der Waals surface area contributed by atoms with E-state index >= 15 is 0 Å². The van der Waals surface area contributed by atoms with Gasteiger partial charge in [0.1, 0.15) is 0 Å². The third kappa shape index (κ3) is 7.30. The number of aliphatic hydroxyl groups is 1. The summed E-state index contributed by atoms with van der Waals surface area (Å²) >= 11 is 0. The third-order valence-corrected chi connectivity index (χ3v) is 2.28. The van der Waals surface area contributed by atoms with Gasteiger partial charge in [0.05, 0.1) is 18.6 Å². The summed E-state index contributed by atoms with van der Waals surface area (Å²) in [6, 6.07) is 0. The van der Waals surface area contributed by atoms with E-state index in [1.807, 2.05) is 6.92 Å². The molecule has 0 heterocycles. The lowest BCUT2D eigenvalue weighted by Gasteiger charge is -2.13. The summed E-state index contributed by atoms with van der Waals surface area (Å²) in [7, 11) is 1.53. The maximum atomic E-state index is 11.3. The van der Waals surface area contributed by atoms with Crippen molar-refractivity contribution in [1.29, 1.82) is 0 Å². The van der Waals surface area contributed by atoms with Crippen LogP contribution in [0, 0.1) is 0 Å². The number of rotatable bonds is 8. The molecule has 0 radical (unpaired) electrons. The van der Waals surface area contributed by atoms with E-state index in [1.165, 1.54) is 7.11 Å². The Morgan fingerprint density at radius 2 is 2.27 bits per heavy atom. The van der Waals surface area contributed by atoms with E-state index in [2.05, 4.69) is 5.32 Å². The minimum Gasteiger partial charge on any atom is -0.393 e. The highest BCUT2D eigenvalue weighted by molar-refractivity contribution is 5.76. The highest BCUT2D eigenvalue weighted by atomic mass is 16.5. The molecule has 0 aliphatic carbocycles. The van der Waals surface area contributed by atoms with Crippen molar-refractivity contribution in [2.24, 2.45) is 5.73 Å². The Morgan fingerprint density at radius 3 is 2.73 bits per heavy atom. The average Bonchev–Trinajstić information content (AvgIpc) is 2.25. The second-order valence-electron chi connectivity index (χ2n) is 3.50. The van der Waals surface area contributed by atoms with Crippen molar-refractivity contribution >= 4 is 5.91 Å². The molecule has 0 spiro atoms. The number of aliphatic hydroxyl groups excluding tert-OH is 1. The fraction of sp³-hybridized carbons (Fsp3) is 0.900. The van der Waals surface area contributed by atoms with Crippen molar-refractivity contribution in [2.45, 2.75) is 38.4 Å². The maximum Gasteiger partial charge on any atom is 0.222 e. The van der Waals surface area contributed by atoms with Crippen LogP contribution < -0.4 is 11.1 Å². The zero-order valence-corrected chi connectivity index (χ0v) is 9.53. The SMILES string of the molecule is CCC(O)CCNC(=O)CC(CN)OC. The predicted octanol–water partition coefficient (Wildman–Crippen LogP) is -0.373. The molecule has 5 nitrogen and oxygen atoms in total. The van der Waals surface area contributed by atoms with Gasteiger partial charge in [-0.2, -0.15) is 0 Å². The Balaban J connectivity index is 3.56. The molecule has 4 N–H and O–H groups in total. The van der Waals surface area contributed by atoms with Gasteiger partial charge < -0.3 is 20.9 Å². The van der Waals surface area contributed by atoms with Crippen molar-refractivity contribution in [1.82, 2.24) is 5.32 Å². The Hall–Kier alpha value is -0.650. The monoisotopic (exact) mass is 218 g/mol. The lowest BCUT2D eigenvalue weighted by Crippen LogP contribution is -2.33. The molecule has 90 valence electrons. The summed E-state index contributed by atoms with van der Waals surface area (Å²) in [5, 5.41) is 12.0. The first kappa shape index (κ1) is 14.3. The van der Waals surface area contributed by atoms with Gasteiger partial charge in [0.15, 0.2) is 0 Å². The highest BCUT2D eigenvalue weighted by Crippen LogP contribution is 1.97. The van der Waals surface area contributed by atoms with Crippen LogP contribution in [0.25, 0.3) is 0 Å². The summed E-state index contributed by atoms with van der Waals surface area (Å²) in [6.07, 6.45) is 1.01. The number of hydrogen-bond acceptors (Lipinski definition) is 4. The number of nitrogens with one attached hydrogen (secondary N) is 1. The number of hydrogen-bond donors (Lipinski definition) is 3. The summed E-state index contributed by atoms with van der Waals surface area (Å²) in [5.41, 5.74) is 5.38. The second-order valence-corrected chi connectivity index (χ2v) is 3.50. The Bertz CT molecular complexity index is 172. The number of ether oxygens (including phenoxy) is 1. The minimum atomic E-state index is -0.335. The number of carbonyl (C=O) groups is 1. The molecular weight excluding hydrogens is 196 g/mol. The second kappa shape index (κ2) is 8.64. The zero-order valence-electron chi connectivity index (χ0n) is 9.53. The Morgan fingerprint density at radius 1 is 1.60 bits per heavy atom. The summed E-state index contributed by atoms with van der Waals surface area (Å²) in [5.74, 6) is -0.0874. The van der Waals surface area contributed by atoms with Crippen molar-refractivity contribution in [3.05, 3.63) is 0 Å². The molecule has 0 saturated carbocycles. The maximum absolute atomic E-state index is 11.3. The van der Waals surface area contributed by atoms with E-state index in [0.717, 1.165) is 0 Å². The van der Waals surface area contributed by atoms with Crippen molar-refractivity contribution < 1.29 is 14.6 Å². The molecule has 0 aromatic heterocycles. The lowest BCUT2D eigenvalue weighted by molar-refractivity contribution is -0.123. The first-order valence-corrected chi connectivity index (χ1v) is 5.31. The fourth-order valence-corrected chi connectivity index (χ4v) is 1.12. The first-order chi connectivity index (χ1) is 7.13. The van der Waals surface area contributed by atoms with E-state index in [-0.39, 0.29) is 24.5 Å². The Kier molecular flexibility index (Phi) is 8.27. The van der Waals surface area contributed by atoms with E-state index in [1.54, 1.807) is 0 Å². The van der Waals surface area contributed by atoms with Crippen LogP contribution in [0.3, 0.4) is 0 Å². The largest absolute Gasteiger partial charge is 0.393 e. The van der Waals surface area contributed by atoms with Crippen LogP contribution in [0.4, 0.5) is 0 Å². The molecule has 0 aliphatic heterocycles. The summed E-state index contributed by atoms with van der Waals surface area (Å²) in [6.45, 7) is 2.73. The molecule has 0 saturated heterocycles. The quantitative estimate of drug-likeness (QED) is 0.519. The molecule has 0 fully saturated rings. The van der Waals surface area contributed by atoms with Crippen molar-refractivity contribution in [3.63, 3.8) is 0 Å². The molecule has 5 heteroatoms.